The maximum absolute atomic E-state index is 5.27. The van der Waals surface area contributed by atoms with Crippen molar-refractivity contribution in [2.24, 2.45) is 5.92 Å². The minimum Gasteiger partial charge on any atom is -0.339 e. The molecule has 1 aromatic carbocycles. The van der Waals surface area contributed by atoms with Crippen molar-refractivity contribution in [1.29, 1.82) is 0 Å². The topological polar surface area (TPSA) is 82.5 Å². The van der Waals surface area contributed by atoms with Gasteiger partial charge in [-0.15, -0.1) is 5.10 Å². The maximum atomic E-state index is 5.27. The molecule has 0 aliphatic carbocycles. The molecule has 2 heterocycles. The average Bonchev–Trinajstić information content (AvgIpc) is 3.14. The highest BCUT2D eigenvalue weighted by Gasteiger charge is 2.15. The lowest BCUT2D eigenvalue weighted by atomic mass is 10.1. The predicted molar refractivity (Wildman–Crippen MR) is 91.0 cm³/mol. The van der Waals surface area contributed by atoms with Crippen LogP contribution in [-0.4, -0.2) is 30.3 Å². The smallest absolute Gasteiger partial charge is 0.226 e. The summed E-state index contributed by atoms with van der Waals surface area (Å²) in [6, 6.07) is 6.13. The standard InChI is InChI=1S/C16H20N6OS/c1-10(2)8-14-17-13(19-23-14)9-24-16-18-20-21-22(16)15-11(3)6-5-7-12(15)4/h5-7,10H,8-9H2,1-4H3. The minimum atomic E-state index is 0.488. The second-order valence-corrected chi connectivity index (χ2v) is 7.05. The van der Waals surface area contributed by atoms with E-state index in [4.69, 9.17) is 4.52 Å². The zero-order valence-electron chi connectivity index (χ0n) is 14.2. The molecule has 0 atom stereocenters. The molecule has 0 fully saturated rings. The van der Waals surface area contributed by atoms with Crippen molar-refractivity contribution in [3.63, 3.8) is 0 Å². The molecule has 0 radical (unpaired) electrons. The van der Waals surface area contributed by atoms with Crippen LogP contribution < -0.4 is 0 Å². The van der Waals surface area contributed by atoms with Gasteiger partial charge in [-0.1, -0.05) is 49.0 Å². The summed E-state index contributed by atoms with van der Waals surface area (Å²) in [7, 11) is 0. The van der Waals surface area contributed by atoms with Crippen LogP contribution in [0.3, 0.4) is 0 Å². The lowest BCUT2D eigenvalue weighted by molar-refractivity contribution is 0.360. The lowest BCUT2D eigenvalue weighted by Crippen LogP contribution is -2.04. The summed E-state index contributed by atoms with van der Waals surface area (Å²) in [5.41, 5.74) is 3.27. The van der Waals surface area contributed by atoms with E-state index in [9.17, 15) is 0 Å². The quantitative estimate of drug-likeness (QED) is 0.635. The van der Waals surface area contributed by atoms with Gasteiger partial charge in [0.2, 0.25) is 11.0 Å². The summed E-state index contributed by atoms with van der Waals surface area (Å²) in [5.74, 6) is 2.39. The number of hydrogen-bond donors (Lipinski definition) is 0. The van der Waals surface area contributed by atoms with Gasteiger partial charge in [0.15, 0.2) is 5.82 Å². The zero-order chi connectivity index (χ0) is 17.1. The first-order chi connectivity index (χ1) is 11.5. The van der Waals surface area contributed by atoms with Crippen molar-refractivity contribution in [3.05, 3.63) is 41.0 Å². The van der Waals surface area contributed by atoms with Crippen LogP contribution in [0.1, 0.15) is 36.7 Å². The fourth-order valence-corrected chi connectivity index (χ4v) is 3.18. The van der Waals surface area contributed by atoms with E-state index in [2.05, 4.69) is 65.5 Å². The minimum absolute atomic E-state index is 0.488. The Morgan fingerprint density at radius 3 is 2.67 bits per heavy atom. The van der Waals surface area contributed by atoms with E-state index in [1.54, 1.807) is 4.68 Å². The number of aryl methyl sites for hydroxylation is 2. The Hall–Kier alpha value is -2.22. The fourth-order valence-electron chi connectivity index (χ4n) is 2.46. The van der Waals surface area contributed by atoms with Gasteiger partial charge in [-0.3, -0.25) is 0 Å². The van der Waals surface area contributed by atoms with Gasteiger partial charge in [-0.25, -0.2) is 0 Å². The third-order valence-electron chi connectivity index (χ3n) is 3.52. The Labute approximate surface area is 144 Å². The normalized spacial score (nSPS) is 11.4. The molecule has 0 aliphatic rings. The number of benzene rings is 1. The molecule has 3 aromatic rings. The summed E-state index contributed by atoms with van der Waals surface area (Å²) >= 11 is 1.49. The van der Waals surface area contributed by atoms with Gasteiger partial charge >= 0.3 is 0 Å². The summed E-state index contributed by atoms with van der Waals surface area (Å²) in [6.07, 6.45) is 0.789. The molecule has 3 rings (SSSR count). The summed E-state index contributed by atoms with van der Waals surface area (Å²) in [6.45, 7) is 8.35. The first kappa shape index (κ1) is 16.6. The van der Waals surface area contributed by atoms with Gasteiger partial charge in [0.05, 0.1) is 11.4 Å². The molecule has 0 saturated heterocycles. The van der Waals surface area contributed by atoms with Gasteiger partial charge in [0.1, 0.15) is 0 Å². The van der Waals surface area contributed by atoms with Crippen molar-refractivity contribution < 1.29 is 4.52 Å². The molecule has 24 heavy (non-hydrogen) atoms. The van der Waals surface area contributed by atoms with Crippen LogP contribution in [0.5, 0.6) is 0 Å². The number of thioether (sulfide) groups is 1. The van der Waals surface area contributed by atoms with E-state index >= 15 is 0 Å². The van der Waals surface area contributed by atoms with Gasteiger partial charge in [0, 0.05) is 6.42 Å². The molecule has 7 nitrogen and oxygen atoms in total. The summed E-state index contributed by atoms with van der Waals surface area (Å²) in [4.78, 5) is 4.41. The zero-order valence-corrected chi connectivity index (χ0v) is 15.0. The first-order valence-corrected chi connectivity index (χ1v) is 8.82. The number of tetrazole rings is 1. The average molecular weight is 344 g/mol. The van der Waals surface area contributed by atoms with Gasteiger partial charge < -0.3 is 4.52 Å². The highest BCUT2D eigenvalue weighted by molar-refractivity contribution is 7.98. The molecule has 0 spiro atoms. The largest absolute Gasteiger partial charge is 0.339 e. The Kier molecular flexibility index (Phi) is 4.94. The fraction of sp³-hybridized carbons (Fsp3) is 0.438. The Morgan fingerprint density at radius 1 is 1.21 bits per heavy atom. The first-order valence-electron chi connectivity index (χ1n) is 7.84. The van der Waals surface area contributed by atoms with Crippen LogP contribution in [0.2, 0.25) is 0 Å². The van der Waals surface area contributed by atoms with E-state index in [-0.39, 0.29) is 0 Å². The van der Waals surface area contributed by atoms with E-state index in [1.165, 1.54) is 11.8 Å². The molecule has 126 valence electrons. The molecule has 2 aromatic heterocycles. The van der Waals surface area contributed by atoms with Crippen LogP contribution in [0.15, 0.2) is 27.9 Å². The Morgan fingerprint density at radius 2 is 1.96 bits per heavy atom. The monoisotopic (exact) mass is 344 g/mol. The van der Waals surface area contributed by atoms with E-state index in [1.807, 2.05) is 6.07 Å². The second kappa shape index (κ2) is 7.12. The van der Waals surface area contributed by atoms with Gasteiger partial charge in [-0.2, -0.15) is 9.67 Å². The highest BCUT2D eigenvalue weighted by atomic mass is 32.2. The van der Waals surface area contributed by atoms with E-state index < -0.39 is 0 Å². The molecule has 8 heteroatoms. The van der Waals surface area contributed by atoms with Crippen LogP contribution in [0.4, 0.5) is 0 Å². The van der Waals surface area contributed by atoms with Crippen LogP contribution in [0, 0.1) is 19.8 Å². The molecule has 0 unspecified atom stereocenters. The predicted octanol–water partition coefficient (Wildman–Crippen LogP) is 3.15. The number of hydrogen-bond acceptors (Lipinski definition) is 7. The SMILES string of the molecule is Cc1cccc(C)c1-n1nnnc1SCc1noc(CC(C)C)n1. The van der Waals surface area contributed by atoms with Crippen molar-refractivity contribution in [3.8, 4) is 5.69 Å². The molecular formula is C16H20N6OS. The van der Waals surface area contributed by atoms with Gasteiger partial charge in [0.25, 0.3) is 0 Å². The molecule has 0 aliphatic heterocycles. The highest BCUT2D eigenvalue weighted by Crippen LogP contribution is 2.25. The number of rotatable bonds is 6. The molecular weight excluding hydrogens is 324 g/mol. The molecule has 0 saturated carbocycles. The van der Waals surface area contributed by atoms with Crippen molar-refractivity contribution in [2.75, 3.05) is 0 Å². The number of para-hydroxylation sites is 1. The van der Waals surface area contributed by atoms with Gasteiger partial charge in [-0.05, 0) is 41.3 Å². The van der Waals surface area contributed by atoms with E-state index in [0.717, 1.165) is 23.2 Å². The summed E-state index contributed by atoms with van der Waals surface area (Å²) < 4.78 is 7.03. The third kappa shape index (κ3) is 3.64. The van der Waals surface area contributed by atoms with Crippen molar-refractivity contribution >= 4 is 11.8 Å². The molecule has 0 amide bonds. The molecule has 0 N–H and O–H groups in total. The summed E-state index contributed by atoms with van der Waals surface area (Å²) in [5, 5.41) is 16.8. The van der Waals surface area contributed by atoms with Crippen LogP contribution in [0.25, 0.3) is 5.69 Å². The lowest BCUT2D eigenvalue weighted by Gasteiger charge is -2.10. The number of aromatic nitrogens is 6. The van der Waals surface area contributed by atoms with Crippen LogP contribution >= 0.6 is 11.8 Å². The molecule has 0 bridgehead atoms. The number of nitrogens with zero attached hydrogens (tertiary/aromatic N) is 6. The van der Waals surface area contributed by atoms with Crippen molar-refractivity contribution in [1.82, 2.24) is 30.3 Å². The maximum Gasteiger partial charge on any atom is 0.226 e. The Balaban J connectivity index is 1.76. The van der Waals surface area contributed by atoms with Crippen molar-refractivity contribution in [2.45, 2.75) is 45.0 Å². The van der Waals surface area contributed by atoms with Crippen LogP contribution in [-0.2, 0) is 12.2 Å². The Bertz CT molecular complexity index is 805. The second-order valence-electron chi connectivity index (χ2n) is 6.10. The van der Waals surface area contributed by atoms with E-state index in [0.29, 0.717) is 28.5 Å². The third-order valence-corrected chi connectivity index (χ3v) is 4.43.